The molecule has 1 N–H and O–H groups in total. The van der Waals surface area contributed by atoms with Gasteiger partial charge in [-0.05, 0) is 58.4 Å². The lowest BCUT2D eigenvalue weighted by Crippen LogP contribution is -2.42. The molecule has 0 atom stereocenters. The molecular weight excluding hydrogens is 378 g/mol. The third-order valence-electron chi connectivity index (χ3n) is 3.94. The van der Waals surface area contributed by atoms with Gasteiger partial charge in [0, 0.05) is 0 Å². The molecule has 0 unspecified atom stereocenters. The van der Waals surface area contributed by atoms with Gasteiger partial charge in [0.2, 0.25) is 26.0 Å². The van der Waals surface area contributed by atoms with E-state index in [2.05, 4.69) is 4.72 Å². The third-order valence-corrected chi connectivity index (χ3v) is 7.77. The molecule has 26 heavy (non-hydrogen) atoms. The van der Waals surface area contributed by atoms with E-state index in [0.29, 0.717) is 0 Å². The molecule has 0 saturated carbocycles. The van der Waals surface area contributed by atoms with Crippen LogP contribution < -0.4 is 9.03 Å². The standard InChI is InChI=1S/C16H21N3O5S2/c1-11-8-12(19-14(20)15(2,3)10-25(19,21)22)6-7-13(11)26(23,24)18-16(4,5)9-17/h6-8,18H,10H2,1-5H3. The minimum Gasteiger partial charge on any atom is -0.273 e. The van der Waals surface area contributed by atoms with Gasteiger partial charge in [0.05, 0.1) is 27.8 Å². The van der Waals surface area contributed by atoms with E-state index in [1.807, 2.05) is 6.07 Å². The highest BCUT2D eigenvalue weighted by atomic mass is 32.2. The molecule has 0 aromatic heterocycles. The van der Waals surface area contributed by atoms with Crippen molar-refractivity contribution in [2.75, 3.05) is 10.1 Å². The molecule has 1 heterocycles. The van der Waals surface area contributed by atoms with E-state index in [-0.39, 0.29) is 21.9 Å². The highest BCUT2D eigenvalue weighted by Crippen LogP contribution is 2.36. The summed E-state index contributed by atoms with van der Waals surface area (Å²) >= 11 is 0. The molecule has 1 saturated heterocycles. The largest absolute Gasteiger partial charge is 0.273 e. The first-order valence-electron chi connectivity index (χ1n) is 7.76. The lowest BCUT2D eigenvalue weighted by molar-refractivity contribution is -0.123. The fraction of sp³-hybridized carbons (Fsp3) is 0.500. The second-order valence-electron chi connectivity index (χ2n) is 7.50. The number of rotatable bonds is 4. The van der Waals surface area contributed by atoms with E-state index < -0.39 is 36.9 Å². The van der Waals surface area contributed by atoms with Crippen LogP contribution in [0.15, 0.2) is 23.1 Å². The summed E-state index contributed by atoms with van der Waals surface area (Å²) in [4.78, 5) is 12.4. The topological polar surface area (TPSA) is 124 Å². The molecule has 142 valence electrons. The first-order chi connectivity index (χ1) is 11.6. The Kier molecular flexibility index (Phi) is 4.73. The lowest BCUT2D eigenvalue weighted by atomic mass is 9.95. The first-order valence-corrected chi connectivity index (χ1v) is 10.9. The van der Waals surface area contributed by atoms with Crippen LogP contribution in [0.25, 0.3) is 0 Å². The quantitative estimate of drug-likeness (QED) is 0.813. The van der Waals surface area contributed by atoms with Crippen molar-refractivity contribution >= 4 is 31.6 Å². The van der Waals surface area contributed by atoms with Gasteiger partial charge < -0.3 is 0 Å². The van der Waals surface area contributed by atoms with Crippen molar-refractivity contribution in [3.8, 4) is 6.07 Å². The monoisotopic (exact) mass is 399 g/mol. The molecule has 1 fully saturated rings. The summed E-state index contributed by atoms with van der Waals surface area (Å²) in [7, 11) is -7.81. The number of hydrogen-bond acceptors (Lipinski definition) is 6. The number of hydrogen-bond donors (Lipinski definition) is 1. The van der Waals surface area contributed by atoms with E-state index in [9.17, 15) is 21.6 Å². The van der Waals surface area contributed by atoms with Gasteiger partial charge in [-0.25, -0.2) is 21.1 Å². The summed E-state index contributed by atoms with van der Waals surface area (Å²) in [5.41, 5.74) is -1.99. The lowest BCUT2D eigenvalue weighted by Gasteiger charge is -2.21. The maximum absolute atomic E-state index is 12.5. The minimum absolute atomic E-state index is 0.0899. The maximum Gasteiger partial charge on any atom is 0.247 e. The smallest absolute Gasteiger partial charge is 0.247 e. The van der Waals surface area contributed by atoms with Crippen molar-refractivity contribution in [3.05, 3.63) is 23.8 Å². The molecule has 1 aliphatic heterocycles. The van der Waals surface area contributed by atoms with E-state index in [1.54, 1.807) is 13.8 Å². The van der Waals surface area contributed by atoms with Gasteiger partial charge in [0.25, 0.3) is 0 Å². The number of sulfonamides is 2. The Morgan fingerprint density at radius 1 is 1.31 bits per heavy atom. The predicted octanol–water partition coefficient (Wildman–Crippen LogP) is 1.28. The Morgan fingerprint density at radius 2 is 1.88 bits per heavy atom. The second kappa shape index (κ2) is 6.04. The normalized spacial score (nSPS) is 19.4. The molecule has 0 aliphatic carbocycles. The molecule has 0 bridgehead atoms. The van der Waals surface area contributed by atoms with Crippen LogP contribution in [0, 0.1) is 23.7 Å². The Bertz CT molecular complexity index is 1020. The number of aryl methyl sites for hydroxylation is 1. The number of benzene rings is 1. The molecule has 2 rings (SSSR count). The van der Waals surface area contributed by atoms with Gasteiger partial charge in [0.1, 0.15) is 5.54 Å². The minimum atomic E-state index is -3.99. The van der Waals surface area contributed by atoms with Crippen molar-refractivity contribution in [2.24, 2.45) is 5.41 Å². The van der Waals surface area contributed by atoms with E-state index >= 15 is 0 Å². The summed E-state index contributed by atoms with van der Waals surface area (Å²) in [6, 6.07) is 5.69. The van der Waals surface area contributed by atoms with Gasteiger partial charge in [-0.3, -0.25) is 4.79 Å². The van der Waals surface area contributed by atoms with Crippen LogP contribution in [-0.4, -0.2) is 34.0 Å². The average Bonchev–Trinajstić information content (AvgIpc) is 2.61. The van der Waals surface area contributed by atoms with E-state index in [1.165, 1.54) is 39.0 Å². The van der Waals surface area contributed by atoms with Crippen LogP contribution >= 0.6 is 0 Å². The van der Waals surface area contributed by atoms with Crippen LogP contribution in [0.4, 0.5) is 5.69 Å². The fourth-order valence-electron chi connectivity index (χ4n) is 2.74. The van der Waals surface area contributed by atoms with Gasteiger partial charge >= 0.3 is 0 Å². The zero-order valence-corrected chi connectivity index (χ0v) is 16.8. The molecule has 1 aromatic rings. The Hall–Kier alpha value is -1.96. The summed E-state index contributed by atoms with van der Waals surface area (Å²) in [6.45, 7) is 7.44. The van der Waals surface area contributed by atoms with Crippen molar-refractivity contribution in [1.82, 2.24) is 4.72 Å². The van der Waals surface area contributed by atoms with Crippen LogP contribution in [0.2, 0.25) is 0 Å². The number of carbonyl (C=O) groups excluding carboxylic acids is 1. The van der Waals surface area contributed by atoms with Crippen molar-refractivity contribution < 1.29 is 21.6 Å². The number of carbonyl (C=O) groups is 1. The molecule has 1 amide bonds. The van der Waals surface area contributed by atoms with Gasteiger partial charge in [0.15, 0.2) is 0 Å². The number of anilines is 1. The SMILES string of the molecule is Cc1cc(N2C(=O)C(C)(C)CS2(=O)=O)ccc1S(=O)(=O)NC(C)(C)C#N. The highest BCUT2D eigenvalue weighted by Gasteiger charge is 2.50. The van der Waals surface area contributed by atoms with Gasteiger partial charge in [-0.15, -0.1) is 0 Å². The molecule has 1 aromatic carbocycles. The summed E-state index contributed by atoms with van der Waals surface area (Å²) in [5, 5.41) is 9.01. The molecular formula is C16H21N3O5S2. The second-order valence-corrected chi connectivity index (χ2v) is 11.0. The average molecular weight is 399 g/mol. The Morgan fingerprint density at radius 3 is 2.31 bits per heavy atom. The summed E-state index contributed by atoms with van der Waals surface area (Å²) in [6.07, 6.45) is 0. The molecule has 1 aliphatic rings. The summed E-state index contributed by atoms with van der Waals surface area (Å²) in [5.74, 6) is -0.869. The Labute approximate surface area is 153 Å². The summed E-state index contributed by atoms with van der Waals surface area (Å²) < 4.78 is 52.7. The fourth-order valence-corrected chi connectivity index (χ4v) is 6.39. The molecule has 8 nitrogen and oxygen atoms in total. The van der Waals surface area contributed by atoms with Gasteiger partial charge in [-0.2, -0.15) is 9.98 Å². The maximum atomic E-state index is 12.5. The van der Waals surface area contributed by atoms with Crippen molar-refractivity contribution in [2.45, 2.75) is 45.1 Å². The van der Waals surface area contributed by atoms with Crippen LogP contribution in [0.5, 0.6) is 0 Å². The third kappa shape index (κ3) is 3.60. The van der Waals surface area contributed by atoms with Crippen molar-refractivity contribution in [1.29, 1.82) is 5.26 Å². The van der Waals surface area contributed by atoms with E-state index in [0.717, 1.165) is 4.31 Å². The number of nitriles is 1. The molecule has 0 radical (unpaired) electrons. The van der Waals surface area contributed by atoms with Gasteiger partial charge in [-0.1, -0.05) is 0 Å². The Balaban J connectivity index is 2.49. The predicted molar refractivity (Wildman–Crippen MR) is 96.2 cm³/mol. The molecule has 10 heteroatoms. The number of nitrogens with zero attached hydrogens (tertiary/aromatic N) is 2. The molecule has 0 spiro atoms. The van der Waals surface area contributed by atoms with Crippen LogP contribution in [0.1, 0.15) is 33.3 Å². The van der Waals surface area contributed by atoms with Crippen LogP contribution in [0.3, 0.4) is 0 Å². The number of nitrogens with one attached hydrogen (secondary N) is 1. The number of amides is 1. The van der Waals surface area contributed by atoms with Crippen LogP contribution in [-0.2, 0) is 24.8 Å². The zero-order chi connectivity index (χ0) is 20.1. The van der Waals surface area contributed by atoms with Crippen molar-refractivity contribution in [3.63, 3.8) is 0 Å². The highest BCUT2D eigenvalue weighted by molar-refractivity contribution is 7.94. The zero-order valence-electron chi connectivity index (χ0n) is 15.2. The van der Waals surface area contributed by atoms with E-state index in [4.69, 9.17) is 5.26 Å². The first kappa shape index (κ1) is 20.4.